The van der Waals surface area contributed by atoms with Crippen LogP contribution in [0.5, 0.6) is 5.75 Å². The Bertz CT molecular complexity index is 989. The van der Waals surface area contributed by atoms with Crippen molar-refractivity contribution in [3.05, 3.63) is 58.6 Å². The van der Waals surface area contributed by atoms with Crippen LogP contribution in [-0.2, 0) is 14.8 Å². The van der Waals surface area contributed by atoms with Crippen LogP contribution >= 0.6 is 11.6 Å². The van der Waals surface area contributed by atoms with Crippen LogP contribution in [0.2, 0.25) is 5.02 Å². The van der Waals surface area contributed by atoms with Crippen molar-refractivity contribution < 1.29 is 22.7 Å². The van der Waals surface area contributed by atoms with E-state index in [0.717, 1.165) is 11.3 Å². The molecule has 2 aromatic carbocycles. The second-order valence-electron chi connectivity index (χ2n) is 6.86. The first-order chi connectivity index (χ1) is 14.3. The van der Waals surface area contributed by atoms with E-state index in [1.54, 1.807) is 0 Å². The molecule has 3 rings (SSSR count). The van der Waals surface area contributed by atoms with Crippen molar-refractivity contribution in [1.29, 1.82) is 0 Å². The van der Waals surface area contributed by atoms with Crippen LogP contribution in [0.1, 0.15) is 35.8 Å². The third kappa shape index (κ3) is 5.13. The van der Waals surface area contributed by atoms with E-state index in [9.17, 15) is 13.2 Å². The van der Waals surface area contributed by atoms with Crippen molar-refractivity contribution in [1.82, 2.24) is 9.62 Å². The Kier molecular flexibility index (Phi) is 7.36. The summed E-state index contributed by atoms with van der Waals surface area (Å²) in [6.45, 7) is 5.58. The molecule has 1 aliphatic rings. The van der Waals surface area contributed by atoms with Crippen LogP contribution in [0, 0.1) is 0 Å². The third-order valence-corrected chi connectivity index (χ3v) is 7.05. The van der Waals surface area contributed by atoms with Gasteiger partial charge >= 0.3 is 0 Å². The Morgan fingerprint density at radius 2 is 1.87 bits per heavy atom. The summed E-state index contributed by atoms with van der Waals surface area (Å²) < 4.78 is 37.8. The van der Waals surface area contributed by atoms with Crippen LogP contribution in [0.3, 0.4) is 0 Å². The van der Waals surface area contributed by atoms with E-state index in [-0.39, 0.29) is 34.6 Å². The summed E-state index contributed by atoms with van der Waals surface area (Å²) in [5.41, 5.74) is 1.00. The highest BCUT2D eigenvalue weighted by Gasteiger charge is 2.27. The number of morpholine rings is 1. The number of nitrogens with zero attached hydrogens (tertiary/aromatic N) is 1. The molecular weight excluding hydrogens is 428 g/mol. The maximum absolute atomic E-state index is 12.9. The number of hydrogen-bond acceptors (Lipinski definition) is 5. The molecule has 0 radical (unpaired) electrons. The molecule has 1 atom stereocenters. The summed E-state index contributed by atoms with van der Waals surface area (Å²) in [4.78, 5) is 12.9. The zero-order valence-electron chi connectivity index (χ0n) is 16.9. The summed E-state index contributed by atoms with van der Waals surface area (Å²) in [6, 6.07) is 11.3. The molecular formula is C21H25ClN2O5S. The van der Waals surface area contributed by atoms with E-state index in [4.69, 9.17) is 21.1 Å². The Balaban J connectivity index is 1.77. The molecule has 0 spiro atoms. The summed E-state index contributed by atoms with van der Waals surface area (Å²) in [7, 11) is -3.72. The lowest BCUT2D eigenvalue weighted by Gasteiger charge is -2.26. The predicted octanol–water partition coefficient (Wildman–Crippen LogP) is 3.25. The normalized spacial score (nSPS) is 16.1. The van der Waals surface area contributed by atoms with Gasteiger partial charge in [0, 0.05) is 13.1 Å². The van der Waals surface area contributed by atoms with Gasteiger partial charge in [-0.3, -0.25) is 4.79 Å². The van der Waals surface area contributed by atoms with Gasteiger partial charge in [0.15, 0.2) is 0 Å². The molecule has 0 saturated carbocycles. The second-order valence-corrected chi connectivity index (χ2v) is 9.20. The Morgan fingerprint density at radius 3 is 2.50 bits per heavy atom. The molecule has 1 aliphatic heterocycles. The second kappa shape index (κ2) is 9.78. The van der Waals surface area contributed by atoms with E-state index in [2.05, 4.69) is 5.32 Å². The number of rotatable bonds is 7. The molecule has 0 aliphatic carbocycles. The molecule has 30 heavy (non-hydrogen) atoms. The monoisotopic (exact) mass is 452 g/mol. The molecule has 1 fully saturated rings. The third-order valence-electron chi connectivity index (χ3n) is 4.83. The Morgan fingerprint density at radius 1 is 1.20 bits per heavy atom. The number of hydrogen-bond donors (Lipinski definition) is 1. The van der Waals surface area contributed by atoms with Gasteiger partial charge in [0.05, 0.1) is 41.3 Å². The minimum Gasteiger partial charge on any atom is -0.494 e. The molecule has 162 valence electrons. The van der Waals surface area contributed by atoms with Crippen molar-refractivity contribution in [3.8, 4) is 5.75 Å². The molecule has 0 aromatic heterocycles. The molecule has 7 nitrogen and oxygen atoms in total. The Labute approximate surface area is 182 Å². The highest BCUT2D eigenvalue weighted by atomic mass is 35.5. The van der Waals surface area contributed by atoms with Crippen LogP contribution in [0.25, 0.3) is 0 Å². The standard InChI is InChI=1S/C21H25ClN2O5S/c1-3-29-17-6-4-16(5-7-17)15(2)23-21(25)19-14-18(8-9-20(19)22)30(26,27)24-10-12-28-13-11-24/h4-9,14-15H,3,10-13H2,1-2H3,(H,23,25)/t15-/m1/s1. The average Bonchev–Trinajstić information content (AvgIpc) is 2.75. The molecule has 1 saturated heterocycles. The minimum absolute atomic E-state index is 0.0349. The Hall–Kier alpha value is -2.13. The van der Waals surface area contributed by atoms with Gasteiger partial charge in [-0.15, -0.1) is 0 Å². The number of benzene rings is 2. The number of amides is 1. The number of halogens is 1. The maximum Gasteiger partial charge on any atom is 0.253 e. The fraction of sp³-hybridized carbons (Fsp3) is 0.381. The molecule has 0 unspecified atom stereocenters. The average molecular weight is 453 g/mol. The highest BCUT2D eigenvalue weighted by Crippen LogP contribution is 2.25. The van der Waals surface area contributed by atoms with Gasteiger partial charge in [0.25, 0.3) is 5.91 Å². The zero-order valence-corrected chi connectivity index (χ0v) is 18.5. The van der Waals surface area contributed by atoms with E-state index in [1.807, 2.05) is 38.1 Å². The van der Waals surface area contributed by atoms with Gasteiger partial charge in [-0.05, 0) is 49.7 Å². The number of ether oxygens (including phenoxy) is 2. The first kappa shape index (κ1) is 22.6. The summed E-state index contributed by atoms with van der Waals surface area (Å²) >= 11 is 6.21. The zero-order chi connectivity index (χ0) is 21.7. The largest absolute Gasteiger partial charge is 0.494 e. The van der Waals surface area contributed by atoms with Crippen LogP contribution in [-0.4, -0.2) is 51.5 Å². The molecule has 0 bridgehead atoms. The van der Waals surface area contributed by atoms with E-state index in [1.165, 1.54) is 22.5 Å². The lowest BCUT2D eigenvalue weighted by molar-refractivity contribution is 0.0730. The van der Waals surface area contributed by atoms with Crippen molar-refractivity contribution in [2.75, 3.05) is 32.9 Å². The first-order valence-corrected chi connectivity index (χ1v) is 11.6. The highest BCUT2D eigenvalue weighted by molar-refractivity contribution is 7.89. The molecule has 9 heteroatoms. The van der Waals surface area contributed by atoms with E-state index in [0.29, 0.717) is 19.8 Å². The van der Waals surface area contributed by atoms with Gasteiger partial charge in [0.1, 0.15) is 5.75 Å². The predicted molar refractivity (Wildman–Crippen MR) is 115 cm³/mol. The molecule has 2 aromatic rings. The van der Waals surface area contributed by atoms with Crippen LogP contribution < -0.4 is 10.1 Å². The lowest BCUT2D eigenvalue weighted by atomic mass is 10.1. The number of carbonyl (C=O) groups excluding carboxylic acids is 1. The van der Waals surface area contributed by atoms with Crippen molar-refractivity contribution in [3.63, 3.8) is 0 Å². The van der Waals surface area contributed by atoms with E-state index < -0.39 is 15.9 Å². The quantitative estimate of drug-likeness (QED) is 0.697. The summed E-state index contributed by atoms with van der Waals surface area (Å²) in [6.07, 6.45) is 0. The van der Waals surface area contributed by atoms with Gasteiger partial charge in [-0.25, -0.2) is 8.42 Å². The smallest absolute Gasteiger partial charge is 0.253 e. The fourth-order valence-corrected chi connectivity index (χ4v) is 4.79. The van der Waals surface area contributed by atoms with Gasteiger partial charge in [-0.1, -0.05) is 23.7 Å². The number of nitrogens with one attached hydrogen (secondary N) is 1. The van der Waals surface area contributed by atoms with Crippen molar-refractivity contribution in [2.45, 2.75) is 24.8 Å². The van der Waals surface area contributed by atoms with Gasteiger partial charge < -0.3 is 14.8 Å². The topological polar surface area (TPSA) is 84.9 Å². The first-order valence-electron chi connectivity index (χ1n) is 9.74. The fourth-order valence-electron chi connectivity index (χ4n) is 3.15. The maximum atomic E-state index is 12.9. The van der Waals surface area contributed by atoms with Crippen molar-refractivity contribution >= 4 is 27.5 Å². The SMILES string of the molecule is CCOc1ccc([C@@H](C)NC(=O)c2cc(S(=O)(=O)N3CCOCC3)ccc2Cl)cc1. The molecule has 1 heterocycles. The van der Waals surface area contributed by atoms with Gasteiger partial charge in [-0.2, -0.15) is 4.31 Å². The molecule has 1 amide bonds. The van der Waals surface area contributed by atoms with Crippen LogP contribution in [0.15, 0.2) is 47.4 Å². The van der Waals surface area contributed by atoms with Crippen molar-refractivity contribution in [2.24, 2.45) is 0 Å². The number of sulfonamides is 1. The van der Waals surface area contributed by atoms with E-state index >= 15 is 0 Å². The van der Waals surface area contributed by atoms with Gasteiger partial charge in [0.2, 0.25) is 10.0 Å². The summed E-state index contributed by atoms with van der Waals surface area (Å²) in [5, 5.41) is 3.06. The summed E-state index contributed by atoms with van der Waals surface area (Å²) in [5.74, 6) is 0.309. The lowest BCUT2D eigenvalue weighted by Crippen LogP contribution is -2.40. The molecule has 1 N–H and O–H groups in total. The number of carbonyl (C=O) groups is 1. The minimum atomic E-state index is -3.72. The van der Waals surface area contributed by atoms with Crippen LogP contribution in [0.4, 0.5) is 0 Å².